The van der Waals surface area contributed by atoms with Crippen molar-refractivity contribution < 1.29 is 9.90 Å². The average Bonchev–Trinajstić information content (AvgIpc) is 2.44. The Morgan fingerprint density at radius 3 is 3.05 bits per heavy atom. The van der Waals surface area contributed by atoms with Crippen molar-refractivity contribution in [2.45, 2.75) is 19.8 Å². The van der Waals surface area contributed by atoms with Gasteiger partial charge in [0.05, 0.1) is 6.61 Å². The lowest BCUT2D eigenvalue weighted by atomic mass is 9.98. The van der Waals surface area contributed by atoms with Gasteiger partial charge in [-0.3, -0.25) is 9.59 Å². The molecule has 0 unspecified atom stereocenters. The summed E-state index contributed by atoms with van der Waals surface area (Å²) in [6.07, 6.45) is 2.16. The van der Waals surface area contributed by atoms with Crippen LogP contribution >= 0.6 is 0 Å². The van der Waals surface area contributed by atoms with Crippen LogP contribution in [0.4, 0.5) is 0 Å². The van der Waals surface area contributed by atoms with Gasteiger partial charge in [-0.1, -0.05) is 0 Å². The number of carbonyl (C=O) groups is 1. The lowest BCUT2D eigenvalue weighted by molar-refractivity contribution is 0.0920. The van der Waals surface area contributed by atoms with Crippen LogP contribution in [0.5, 0.6) is 0 Å². The monoisotopic (exact) mass is 293 g/mol. The number of β-amino-alcohol motifs (C(OH)–C–C–N with tert-alkyl or cyclic N) is 1. The van der Waals surface area contributed by atoms with E-state index in [2.05, 4.69) is 15.2 Å². The summed E-state index contributed by atoms with van der Waals surface area (Å²) < 4.78 is 0. The van der Waals surface area contributed by atoms with E-state index in [0.717, 1.165) is 25.9 Å². The molecule has 116 valence electrons. The molecule has 6 heteroatoms. The summed E-state index contributed by atoms with van der Waals surface area (Å²) in [5, 5.41) is 11.9. The summed E-state index contributed by atoms with van der Waals surface area (Å²) in [5.74, 6) is 0.154. The molecular formula is C15H23N3O3. The molecule has 1 atom stereocenters. The van der Waals surface area contributed by atoms with E-state index >= 15 is 0 Å². The first-order valence-electron chi connectivity index (χ1n) is 7.41. The van der Waals surface area contributed by atoms with Crippen LogP contribution < -0.4 is 10.7 Å². The van der Waals surface area contributed by atoms with Gasteiger partial charge in [-0.25, -0.2) is 0 Å². The van der Waals surface area contributed by atoms with Gasteiger partial charge < -0.3 is 20.3 Å². The van der Waals surface area contributed by atoms with Crippen molar-refractivity contribution in [3.8, 4) is 0 Å². The number of amides is 1. The van der Waals surface area contributed by atoms with E-state index in [4.69, 9.17) is 5.11 Å². The number of H-pyrrole nitrogens is 1. The zero-order chi connectivity index (χ0) is 15.2. The first-order chi connectivity index (χ1) is 10.1. The van der Waals surface area contributed by atoms with E-state index in [1.807, 2.05) is 0 Å². The Balaban J connectivity index is 1.87. The number of nitrogens with one attached hydrogen (secondary N) is 2. The molecule has 1 saturated heterocycles. The Morgan fingerprint density at radius 1 is 1.52 bits per heavy atom. The molecule has 3 N–H and O–H groups in total. The lowest BCUT2D eigenvalue weighted by Crippen LogP contribution is -2.42. The molecule has 1 amide bonds. The predicted octanol–water partition coefficient (Wildman–Crippen LogP) is 0.117. The highest BCUT2D eigenvalue weighted by Gasteiger charge is 2.20. The molecule has 6 nitrogen and oxygen atoms in total. The third-order valence-corrected chi connectivity index (χ3v) is 3.79. The van der Waals surface area contributed by atoms with E-state index in [-0.39, 0.29) is 17.9 Å². The standard InChI is InChI=1S/C15H23N3O3/c1-11-7-13(20)8-14(17-11)15(21)16-9-12-3-2-4-18(10-12)5-6-19/h7-8,12,19H,2-6,9-10H2,1H3,(H,16,21)(H,17,20)/t12-/m1/s1. The highest BCUT2D eigenvalue weighted by Crippen LogP contribution is 2.15. The van der Waals surface area contributed by atoms with Crippen LogP contribution in [0, 0.1) is 12.8 Å². The molecule has 21 heavy (non-hydrogen) atoms. The topological polar surface area (TPSA) is 85.4 Å². The van der Waals surface area contributed by atoms with Gasteiger partial charge >= 0.3 is 0 Å². The Hall–Kier alpha value is -1.66. The maximum absolute atomic E-state index is 12.1. The Morgan fingerprint density at radius 2 is 2.33 bits per heavy atom. The molecule has 1 aliphatic heterocycles. The number of aromatic amines is 1. The van der Waals surface area contributed by atoms with Gasteiger partial charge in [0.15, 0.2) is 5.43 Å². The minimum absolute atomic E-state index is 0.164. The van der Waals surface area contributed by atoms with Crippen molar-refractivity contribution in [2.24, 2.45) is 5.92 Å². The second-order valence-electron chi connectivity index (χ2n) is 5.66. The number of piperidine rings is 1. The number of hydrogen-bond donors (Lipinski definition) is 3. The largest absolute Gasteiger partial charge is 0.395 e. The molecule has 0 saturated carbocycles. The number of carbonyl (C=O) groups excluding carboxylic acids is 1. The zero-order valence-corrected chi connectivity index (χ0v) is 12.4. The molecule has 2 rings (SSSR count). The van der Waals surface area contributed by atoms with Crippen molar-refractivity contribution in [1.82, 2.24) is 15.2 Å². The molecule has 0 spiro atoms. The second-order valence-corrected chi connectivity index (χ2v) is 5.66. The van der Waals surface area contributed by atoms with Gasteiger partial charge in [-0.05, 0) is 32.2 Å². The first kappa shape index (κ1) is 15.7. The third-order valence-electron chi connectivity index (χ3n) is 3.79. The Bertz CT molecular complexity index is 539. The predicted molar refractivity (Wildman–Crippen MR) is 80.4 cm³/mol. The number of nitrogens with zero attached hydrogens (tertiary/aromatic N) is 1. The van der Waals surface area contributed by atoms with Crippen LogP contribution in [-0.2, 0) is 0 Å². The summed E-state index contributed by atoms with van der Waals surface area (Å²) in [7, 11) is 0. The van der Waals surface area contributed by atoms with Gasteiger partial charge in [0.2, 0.25) is 0 Å². The summed E-state index contributed by atoms with van der Waals surface area (Å²) in [6.45, 7) is 5.11. The van der Waals surface area contributed by atoms with Gasteiger partial charge in [-0.15, -0.1) is 0 Å². The van der Waals surface area contributed by atoms with Gasteiger partial charge in [0.1, 0.15) is 5.69 Å². The summed E-state index contributed by atoms with van der Waals surface area (Å²) in [4.78, 5) is 28.6. The average molecular weight is 293 g/mol. The van der Waals surface area contributed by atoms with Gasteiger partial charge in [0.25, 0.3) is 5.91 Å². The van der Waals surface area contributed by atoms with Crippen LogP contribution in [0.1, 0.15) is 29.0 Å². The highest BCUT2D eigenvalue weighted by molar-refractivity contribution is 5.92. The fourth-order valence-corrected chi connectivity index (χ4v) is 2.80. The molecule has 0 bridgehead atoms. The molecule has 1 aromatic rings. The number of aliphatic hydroxyl groups is 1. The molecule has 1 aliphatic rings. The molecule has 0 radical (unpaired) electrons. The van der Waals surface area contributed by atoms with Crippen LogP contribution in [0.25, 0.3) is 0 Å². The molecule has 1 aromatic heterocycles. The SMILES string of the molecule is Cc1cc(=O)cc(C(=O)NC[C@H]2CCCN(CCO)C2)[nH]1. The first-order valence-corrected chi connectivity index (χ1v) is 7.41. The maximum Gasteiger partial charge on any atom is 0.267 e. The number of aryl methyl sites for hydroxylation is 1. The third kappa shape index (κ3) is 4.68. The minimum atomic E-state index is -0.241. The summed E-state index contributed by atoms with van der Waals surface area (Å²) >= 11 is 0. The van der Waals surface area contributed by atoms with Gasteiger partial charge in [-0.2, -0.15) is 0 Å². The molecule has 0 aromatic carbocycles. The van der Waals surface area contributed by atoms with E-state index in [1.54, 1.807) is 6.92 Å². The normalized spacial score (nSPS) is 19.4. The number of pyridine rings is 1. The number of hydrogen-bond acceptors (Lipinski definition) is 4. The fourth-order valence-electron chi connectivity index (χ4n) is 2.80. The van der Waals surface area contributed by atoms with Crippen LogP contribution in [0.15, 0.2) is 16.9 Å². The van der Waals surface area contributed by atoms with E-state index in [1.165, 1.54) is 12.1 Å². The zero-order valence-electron chi connectivity index (χ0n) is 12.4. The number of rotatable bonds is 5. The summed E-state index contributed by atoms with van der Waals surface area (Å²) in [6, 6.07) is 2.78. The Labute approximate surface area is 124 Å². The number of aromatic nitrogens is 1. The second kappa shape index (κ2) is 7.38. The quantitative estimate of drug-likeness (QED) is 0.720. The minimum Gasteiger partial charge on any atom is -0.395 e. The fraction of sp³-hybridized carbons (Fsp3) is 0.600. The van der Waals surface area contributed by atoms with Crippen molar-refractivity contribution >= 4 is 5.91 Å². The number of aliphatic hydroxyl groups excluding tert-OH is 1. The van der Waals surface area contributed by atoms with Crippen LogP contribution in [0.2, 0.25) is 0 Å². The Kier molecular flexibility index (Phi) is 5.52. The molecule has 2 heterocycles. The van der Waals surface area contributed by atoms with Crippen LogP contribution in [0.3, 0.4) is 0 Å². The van der Waals surface area contributed by atoms with E-state index in [9.17, 15) is 9.59 Å². The van der Waals surface area contributed by atoms with Crippen molar-refractivity contribution in [3.63, 3.8) is 0 Å². The highest BCUT2D eigenvalue weighted by atomic mass is 16.3. The molecular weight excluding hydrogens is 270 g/mol. The molecule has 0 aliphatic carbocycles. The maximum atomic E-state index is 12.1. The van der Waals surface area contributed by atoms with E-state index in [0.29, 0.717) is 30.4 Å². The van der Waals surface area contributed by atoms with Crippen molar-refractivity contribution in [1.29, 1.82) is 0 Å². The molecule has 1 fully saturated rings. The van der Waals surface area contributed by atoms with Crippen molar-refractivity contribution in [3.05, 3.63) is 33.7 Å². The number of likely N-dealkylation sites (tertiary alicyclic amines) is 1. The van der Waals surface area contributed by atoms with Crippen molar-refractivity contribution in [2.75, 3.05) is 32.8 Å². The van der Waals surface area contributed by atoms with Crippen LogP contribution in [-0.4, -0.2) is 53.7 Å². The van der Waals surface area contributed by atoms with Gasteiger partial charge in [0, 0.05) is 37.5 Å². The smallest absolute Gasteiger partial charge is 0.267 e. The summed E-state index contributed by atoms with van der Waals surface area (Å²) in [5.41, 5.74) is 0.825. The van der Waals surface area contributed by atoms with E-state index < -0.39 is 0 Å². The lowest BCUT2D eigenvalue weighted by Gasteiger charge is -2.32.